The summed E-state index contributed by atoms with van der Waals surface area (Å²) in [6.07, 6.45) is 5.20. The number of hydrogen-bond donors (Lipinski definition) is 1. The number of likely N-dealkylation sites (tertiary alicyclic amines) is 1. The topological polar surface area (TPSA) is 59.4 Å². The van der Waals surface area contributed by atoms with Crippen molar-refractivity contribution < 1.29 is 9.53 Å². The van der Waals surface area contributed by atoms with Gasteiger partial charge in [-0.3, -0.25) is 4.79 Å². The molecule has 1 aromatic heterocycles. The average molecular weight is 356 g/mol. The lowest BCUT2D eigenvalue weighted by molar-refractivity contribution is -0.137. The number of aromatic nitrogens is 2. The smallest absolute Gasteiger partial charge is 0.222 e. The second kappa shape index (κ2) is 8.36. The summed E-state index contributed by atoms with van der Waals surface area (Å²) in [7, 11) is 3.87. The van der Waals surface area contributed by atoms with Crippen LogP contribution in [0.3, 0.4) is 0 Å². The Hall–Kier alpha value is -2.34. The van der Waals surface area contributed by atoms with Crippen molar-refractivity contribution in [2.24, 2.45) is 13.0 Å². The van der Waals surface area contributed by atoms with Gasteiger partial charge >= 0.3 is 0 Å². The lowest BCUT2D eigenvalue weighted by Crippen LogP contribution is -2.44. The van der Waals surface area contributed by atoms with Gasteiger partial charge in [0.15, 0.2) is 0 Å². The van der Waals surface area contributed by atoms with E-state index in [1.54, 1.807) is 6.20 Å². The molecule has 2 atom stereocenters. The maximum Gasteiger partial charge on any atom is 0.222 e. The Morgan fingerprint density at radius 2 is 2.12 bits per heavy atom. The summed E-state index contributed by atoms with van der Waals surface area (Å²) in [6.45, 7) is 4.23. The van der Waals surface area contributed by atoms with E-state index >= 15 is 0 Å². The molecule has 1 fully saturated rings. The van der Waals surface area contributed by atoms with E-state index in [9.17, 15) is 4.79 Å². The normalized spacial score (nSPS) is 20.4. The molecule has 0 bridgehead atoms. The molecule has 1 aliphatic heterocycles. The van der Waals surface area contributed by atoms with Gasteiger partial charge in [0.2, 0.25) is 5.91 Å². The van der Waals surface area contributed by atoms with Gasteiger partial charge in [-0.2, -0.15) is 0 Å². The first kappa shape index (κ1) is 18.5. The molecular weight excluding hydrogens is 328 g/mol. The number of piperidine rings is 1. The maximum atomic E-state index is 12.2. The third kappa shape index (κ3) is 3.90. The first-order chi connectivity index (χ1) is 12.6. The van der Waals surface area contributed by atoms with Gasteiger partial charge in [0.25, 0.3) is 0 Å². The van der Waals surface area contributed by atoms with Crippen molar-refractivity contribution in [2.75, 3.05) is 20.2 Å². The highest BCUT2D eigenvalue weighted by atomic mass is 16.5. The maximum absolute atomic E-state index is 12.2. The third-order valence-electron chi connectivity index (χ3n) is 5.10. The highest BCUT2D eigenvalue weighted by molar-refractivity contribution is 5.77. The van der Waals surface area contributed by atoms with E-state index in [1.165, 1.54) is 0 Å². The molecule has 0 saturated carbocycles. The van der Waals surface area contributed by atoms with E-state index in [2.05, 4.69) is 16.4 Å². The lowest BCUT2D eigenvalue weighted by Gasteiger charge is -2.38. The van der Waals surface area contributed by atoms with E-state index in [0.29, 0.717) is 18.9 Å². The molecule has 0 spiro atoms. The van der Waals surface area contributed by atoms with Crippen LogP contribution in [-0.2, 0) is 18.4 Å². The number of amides is 1. The van der Waals surface area contributed by atoms with Crippen LogP contribution in [0.5, 0.6) is 5.75 Å². The number of rotatable bonds is 7. The first-order valence-corrected chi connectivity index (χ1v) is 9.26. The number of ether oxygens (including phenoxy) is 1. The van der Waals surface area contributed by atoms with E-state index in [4.69, 9.17) is 4.74 Å². The van der Waals surface area contributed by atoms with Crippen molar-refractivity contribution in [3.8, 4) is 5.75 Å². The molecule has 6 nitrogen and oxygen atoms in total. The minimum absolute atomic E-state index is 0.00545. The van der Waals surface area contributed by atoms with Gasteiger partial charge in [0.05, 0.1) is 12.6 Å². The van der Waals surface area contributed by atoms with Crippen molar-refractivity contribution in [1.29, 1.82) is 0 Å². The fraction of sp³-hybridized carbons (Fsp3) is 0.500. The number of carbonyl (C=O) groups is 1. The molecule has 0 radical (unpaired) electrons. The summed E-state index contributed by atoms with van der Waals surface area (Å²) in [5, 5.41) is 3.56. The number of nitrogens with zero attached hydrogens (tertiary/aromatic N) is 3. The van der Waals surface area contributed by atoms with Gasteiger partial charge in [-0.05, 0) is 25.3 Å². The van der Waals surface area contributed by atoms with Crippen LogP contribution >= 0.6 is 0 Å². The molecule has 1 aliphatic rings. The summed E-state index contributed by atoms with van der Waals surface area (Å²) < 4.78 is 7.71. The Balaban J connectivity index is 1.68. The molecule has 0 aliphatic carbocycles. The van der Waals surface area contributed by atoms with Crippen molar-refractivity contribution in [1.82, 2.24) is 19.8 Å². The summed E-state index contributed by atoms with van der Waals surface area (Å²) in [5.41, 5.74) is 1.16. The van der Waals surface area contributed by atoms with Crippen LogP contribution in [0.1, 0.15) is 37.2 Å². The highest BCUT2D eigenvalue weighted by Crippen LogP contribution is 2.34. The Kier molecular flexibility index (Phi) is 5.93. The number of hydrogen-bond acceptors (Lipinski definition) is 4. The van der Waals surface area contributed by atoms with E-state index < -0.39 is 0 Å². The fourth-order valence-corrected chi connectivity index (χ4v) is 3.71. The largest absolute Gasteiger partial charge is 0.494 e. The zero-order valence-electron chi connectivity index (χ0n) is 15.8. The Morgan fingerprint density at radius 3 is 2.85 bits per heavy atom. The molecule has 6 heteroatoms. The van der Waals surface area contributed by atoms with Crippen LogP contribution in [0.15, 0.2) is 36.7 Å². The molecule has 2 aromatic rings. The van der Waals surface area contributed by atoms with Crippen LogP contribution < -0.4 is 10.1 Å². The van der Waals surface area contributed by atoms with Gasteiger partial charge in [-0.15, -0.1) is 0 Å². The van der Waals surface area contributed by atoms with Gasteiger partial charge in [0, 0.05) is 51.6 Å². The molecule has 1 N–H and O–H groups in total. The summed E-state index contributed by atoms with van der Waals surface area (Å²) >= 11 is 0. The van der Waals surface area contributed by atoms with Crippen LogP contribution in [0.4, 0.5) is 0 Å². The first-order valence-electron chi connectivity index (χ1n) is 9.26. The Bertz CT molecular complexity index is 743. The van der Waals surface area contributed by atoms with E-state index in [1.807, 2.05) is 54.9 Å². The number of benzene rings is 1. The molecule has 1 aromatic carbocycles. The third-order valence-corrected chi connectivity index (χ3v) is 5.10. The standard InChI is InChI=1S/C20H28N4O2/c1-4-26-17-8-6-5-7-15(17)13-21-14-16-9-10-18(25)24(3)19(16)20-22-11-12-23(20)2/h5-8,11-12,16,19,21H,4,9-10,13-14H2,1-3H3/t16-,19+/m1/s1. The van der Waals surface area contributed by atoms with Gasteiger partial charge in [-0.1, -0.05) is 18.2 Å². The number of carbonyl (C=O) groups excluding carboxylic acids is 1. The fourth-order valence-electron chi connectivity index (χ4n) is 3.71. The minimum Gasteiger partial charge on any atom is -0.494 e. The quantitative estimate of drug-likeness (QED) is 0.828. The molecule has 140 valence electrons. The molecule has 0 unspecified atom stereocenters. The number of nitrogens with one attached hydrogen (secondary N) is 1. The van der Waals surface area contributed by atoms with Crippen molar-refractivity contribution in [3.05, 3.63) is 48.0 Å². The van der Waals surface area contributed by atoms with E-state index in [-0.39, 0.29) is 11.9 Å². The molecule has 3 rings (SSSR count). The predicted octanol–water partition coefficient (Wildman–Crippen LogP) is 2.52. The van der Waals surface area contributed by atoms with Crippen LogP contribution in [0.25, 0.3) is 0 Å². The monoisotopic (exact) mass is 356 g/mol. The average Bonchev–Trinajstić information content (AvgIpc) is 3.05. The molecule has 1 amide bonds. The van der Waals surface area contributed by atoms with Gasteiger partial charge in [0.1, 0.15) is 11.6 Å². The minimum atomic E-state index is 0.00545. The lowest BCUT2D eigenvalue weighted by atomic mass is 9.88. The van der Waals surface area contributed by atoms with Crippen molar-refractivity contribution in [3.63, 3.8) is 0 Å². The molecule has 1 saturated heterocycles. The predicted molar refractivity (Wildman–Crippen MR) is 101 cm³/mol. The SMILES string of the molecule is CCOc1ccccc1CNC[C@H]1CCC(=O)N(C)[C@@H]1c1nccn1C. The Morgan fingerprint density at radius 1 is 1.31 bits per heavy atom. The number of para-hydroxylation sites is 1. The molecule has 2 heterocycles. The highest BCUT2D eigenvalue weighted by Gasteiger charge is 2.36. The van der Waals surface area contributed by atoms with E-state index in [0.717, 1.165) is 36.6 Å². The van der Waals surface area contributed by atoms with Gasteiger partial charge < -0.3 is 19.5 Å². The van der Waals surface area contributed by atoms with Gasteiger partial charge in [-0.25, -0.2) is 4.98 Å². The Labute approximate surface area is 155 Å². The number of aryl methyl sites for hydroxylation is 1. The van der Waals surface area contributed by atoms with Crippen LogP contribution in [-0.4, -0.2) is 40.6 Å². The second-order valence-electron chi connectivity index (χ2n) is 6.82. The zero-order chi connectivity index (χ0) is 18.5. The van der Waals surface area contributed by atoms with Crippen LogP contribution in [0, 0.1) is 5.92 Å². The summed E-state index contributed by atoms with van der Waals surface area (Å²) in [4.78, 5) is 18.6. The second-order valence-corrected chi connectivity index (χ2v) is 6.82. The molecular formula is C20H28N4O2. The number of imidazole rings is 1. The summed E-state index contributed by atoms with van der Waals surface area (Å²) in [5.74, 6) is 2.40. The van der Waals surface area contributed by atoms with Crippen molar-refractivity contribution >= 4 is 5.91 Å². The van der Waals surface area contributed by atoms with Crippen LogP contribution in [0.2, 0.25) is 0 Å². The zero-order valence-corrected chi connectivity index (χ0v) is 15.8. The van der Waals surface area contributed by atoms with Crippen molar-refractivity contribution in [2.45, 2.75) is 32.4 Å². The molecule has 26 heavy (non-hydrogen) atoms. The summed E-state index contributed by atoms with van der Waals surface area (Å²) in [6, 6.07) is 8.12.